The Kier molecular flexibility index (Phi) is 3.97. The second-order valence-corrected chi connectivity index (χ2v) is 5.08. The molecule has 0 saturated carbocycles. The lowest BCUT2D eigenvalue weighted by molar-refractivity contribution is 0.639. The largest absolute Gasteiger partial charge is 0.304 e. The summed E-state index contributed by atoms with van der Waals surface area (Å²) in [5.74, 6) is 1.02. The average Bonchev–Trinajstić information content (AvgIpc) is 2.67. The Morgan fingerprint density at radius 3 is 2.72 bits per heavy atom. The molecule has 1 N–H and O–H groups in total. The molecule has 0 fully saturated rings. The van der Waals surface area contributed by atoms with Gasteiger partial charge in [0.1, 0.15) is 5.82 Å². The second-order valence-electron chi connectivity index (χ2n) is 4.69. The van der Waals surface area contributed by atoms with E-state index >= 15 is 0 Å². The fourth-order valence-electron chi connectivity index (χ4n) is 2.04. The summed E-state index contributed by atoms with van der Waals surface area (Å²) in [6.45, 7) is 7.35. The predicted octanol–water partition coefficient (Wildman–Crippen LogP) is 3.56. The van der Waals surface area contributed by atoms with Gasteiger partial charge in [-0.1, -0.05) is 25.1 Å². The zero-order chi connectivity index (χ0) is 13.1. The van der Waals surface area contributed by atoms with Gasteiger partial charge in [0, 0.05) is 13.0 Å². The summed E-state index contributed by atoms with van der Waals surface area (Å²) < 4.78 is 2.81. The van der Waals surface area contributed by atoms with E-state index in [-0.39, 0.29) is 0 Å². The molecule has 0 radical (unpaired) electrons. The van der Waals surface area contributed by atoms with Crippen LogP contribution in [0.25, 0.3) is 0 Å². The SMILES string of the molecule is CCCn1c(Cc2ccc(C)c(C)c2)n[nH]c1=S. The topological polar surface area (TPSA) is 33.6 Å². The fourth-order valence-corrected chi connectivity index (χ4v) is 2.28. The maximum absolute atomic E-state index is 5.25. The van der Waals surface area contributed by atoms with Gasteiger partial charge in [0.25, 0.3) is 0 Å². The summed E-state index contributed by atoms with van der Waals surface area (Å²) in [5, 5.41) is 7.21. The number of aromatic nitrogens is 3. The molecule has 0 spiro atoms. The molecule has 0 aliphatic carbocycles. The minimum absolute atomic E-state index is 0.718. The molecule has 2 aromatic rings. The standard InChI is InChI=1S/C14H19N3S/c1-4-7-17-13(15-16-14(17)18)9-12-6-5-10(2)11(3)8-12/h5-6,8H,4,7,9H2,1-3H3,(H,16,18). The minimum Gasteiger partial charge on any atom is -0.304 e. The Labute approximate surface area is 113 Å². The zero-order valence-electron chi connectivity index (χ0n) is 11.2. The Bertz CT molecular complexity index is 595. The number of aromatic amines is 1. The van der Waals surface area contributed by atoms with Crippen LogP contribution < -0.4 is 0 Å². The first-order valence-corrected chi connectivity index (χ1v) is 6.73. The normalized spacial score (nSPS) is 10.8. The van der Waals surface area contributed by atoms with Crippen molar-refractivity contribution in [2.24, 2.45) is 0 Å². The van der Waals surface area contributed by atoms with Gasteiger partial charge in [-0.15, -0.1) is 0 Å². The Morgan fingerprint density at radius 2 is 2.06 bits per heavy atom. The van der Waals surface area contributed by atoms with Crippen molar-refractivity contribution in [1.29, 1.82) is 0 Å². The second kappa shape index (κ2) is 5.48. The molecule has 0 amide bonds. The number of nitrogens with one attached hydrogen (secondary N) is 1. The quantitative estimate of drug-likeness (QED) is 0.854. The number of nitrogens with zero attached hydrogens (tertiary/aromatic N) is 2. The van der Waals surface area contributed by atoms with E-state index in [0.717, 1.165) is 30.0 Å². The lowest BCUT2D eigenvalue weighted by Gasteiger charge is -2.07. The van der Waals surface area contributed by atoms with Gasteiger partial charge >= 0.3 is 0 Å². The van der Waals surface area contributed by atoms with Crippen molar-refractivity contribution in [3.05, 3.63) is 45.5 Å². The molecular weight excluding hydrogens is 242 g/mol. The molecule has 2 rings (SSSR count). The Morgan fingerprint density at radius 1 is 1.28 bits per heavy atom. The van der Waals surface area contributed by atoms with Crippen LogP contribution in [0.15, 0.2) is 18.2 Å². The smallest absolute Gasteiger partial charge is 0.195 e. The lowest BCUT2D eigenvalue weighted by atomic mass is 10.0. The highest BCUT2D eigenvalue weighted by Crippen LogP contribution is 2.13. The molecule has 0 aliphatic heterocycles. The van der Waals surface area contributed by atoms with Crippen LogP contribution in [0.2, 0.25) is 0 Å². The Balaban J connectivity index is 2.28. The van der Waals surface area contributed by atoms with Crippen LogP contribution in [0.4, 0.5) is 0 Å². The van der Waals surface area contributed by atoms with Gasteiger partial charge in [-0.3, -0.25) is 5.10 Å². The third-order valence-corrected chi connectivity index (χ3v) is 3.53. The van der Waals surface area contributed by atoms with Gasteiger partial charge in [-0.05, 0) is 49.2 Å². The van der Waals surface area contributed by atoms with Gasteiger partial charge in [0.2, 0.25) is 0 Å². The molecule has 0 saturated heterocycles. The van der Waals surface area contributed by atoms with Crippen LogP contribution in [-0.4, -0.2) is 14.8 Å². The zero-order valence-corrected chi connectivity index (χ0v) is 12.0. The third-order valence-electron chi connectivity index (χ3n) is 3.22. The molecule has 0 atom stereocenters. The van der Waals surface area contributed by atoms with Gasteiger partial charge < -0.3 is 4.57 Å². The van der Waals surface area contributed by atoms with Crippen molar-refractivity contribution in [3.8, 4) is 0 Å². The highest BCUT2D eigenvalue weighted by atomic mass is 32.1. The van der Waals surface area contributed by atoms with Gasteiger partial charge in [0.15, 0.2) is 4.77 Å². The molecular formula is C14H19N3S. The van der Waals surface area contributed by atoms with E-state index in [2.05, 4.69) is 53.7 Å². The van der Waals surface area contributed by atoms with Crippen molar-refractivity contribution in [2.75, 3.05) is 0 Å². The molecule has 1 aromatic carbocycles. The van der Waals surface area contributed by atoms with Crippen LogP contribution in [0.5, 0.6) is 0 Å². The van der Waals surface area contributed by atoms with Crippen LogP contribution in [0.1, 0.15) is 35.9 Å². The van der Waals surface area contributed by atoms with E-state index in [9.17, 15) is 0 Å². The van der Waals surface area contributed by atoms with Crippen molar-refractivity contribution < 1.29 is 0 Å². The summed E-state index contributed by atoms with van der Waals surface area (Å²) in [6.07, 6.45) is 1.89. The van der Waals surface area contributed by atoms with Crippen LogP contribution in [0, 0.1) is 18.6 Å². The summed E-state index contributed by atoms with van der Waals surface area (Å²) >= 11 is 5.25. The van der Waals surface area contributed by atoms with Gasteiger partial charge in [0.05, 0.1) is 0 Å². The first kappa shape index (κ1) is 13.0. The summed E-state index contributed by atoms with van der Waals surface area (Å²) in [5.41, 5.74) is 3.93. The number of aryl methyl sites for hydroxylation is 2. The van der Waals surface area contributed by atoms with E-state index in [4.69, 9.17) is 12.2 Å². The summed E-state index contributed by atoms with van der Waals surface area (Å²) in [6, 6.07) is 6.55. The van der Waals surface area contributed by atoms with Crippen LogP contribution >= 0.6 is 12.2 Å². The number of rotatable bonds is 4. The molecule has 4 heteroatoms. The molecule has 3 nitrogen and oxygen atoms in total. The highest BCUT2D eigenvalue weighted by molar-refractivity contribution is 7.71. The van der Waals surface area contributed by atoms with Crippen LogP contribution in [-0.2, 0) is 13.0 Å². The maximum Gasteiger partial charge on any atom is 0.195 e. The van der Waals surface area contributed by atoms with Crippen molar-refractivity contribution >= 4 is 12.2 Å². The van der Waals surface area contributed by atoms with Gasteiger partial charge in [-0.25, -0.2) is 0 Å². The first-order valence-electron chi connectivity index (χ1n) is 6.32. The van der Waals surface area contributed by atoms with Crippen LogP contribution in [0.3, 0.4) is 0 Å². The first-order chi connectivity index (χ1) is 8.61. The number of benzene rings is 1. The maximum atomic E-state index is 5.25. The van der Waals surface area contributed by atoms with Crippen molar-refractivity contribution in [2.45, 2.75) is 40.2 Å². The number of H-pyrrole nitrogens is 1. The minimum atomic E-state index is 0.718. The van der Waals surface area contributed by atoms with E-state index in [1.165, 1.54) is 16.7 Å². The van der Waals surface area contributed by atoms with Gasteiger partial charge in [-0.2, -0.15) is 5.10 Å². The molecule has 18 heavy (non-hydrogen) atoms. The third kappa shape index (κ3) is 2.70. The Hall–Kier alpha value is -1.42. The van der Waals surface area contributed by atoms with E-state index in [0.29, 0.717) is 0 Å². The van der Waals surface area contributed by atoms with E-state index in [1.54, 1.807) is 0 Å². The molecule has 1 heterocycles. The summed E-state index contributed by atoms with van der Waals surface area (Å²) in [4.78, 5) is 0. The molecule has 96 valence electrons. The molecule has 0 unspecified atom stereocenters. The average molecular weight is 261 g/mol. The molecule has 1 aromatic heterocycles. The molecule has 0 aliphatic rings. The predicted molar refractivity (Wildman–Crippen MR) is 76.4 cm³/mol. The van der Waals surface area contributed by atoms with Crippen molar-refractivity contribution in [1.82, 2.24) is 14.8 Å². The summed E-state index contributed by atoms with van der Waals surface area (Å²) in [7, 11) is 0. The number of hydrogen-bond acceptors (Lipinski definition) is 2. The lowest BCUT2D eigenvalue weighted by Crippen LogP contribution is -2.04. The molecule has 0 bridgehead atoms. The van der Waals surface area contributed by atoms with Crippen molar-refractivity contribution in [3.63, 3.8) is 0 Å². The highest BCUT2D eigenvalue weighted by Gasteiger charge is 2.07. The monoisotopic (exact) mass is 261 g/mol. The van der Waals surface area contributed by atoms with E-state index in [1.807, 2.05) is 0 Å². The van der Waals surface area contributed by atoms with E-state index < -0.39 is 0 Å². The fraction of sp³-hybridized carbons (Fsp3) is 0.429. The number of hydrogen-bond donors (Lipinski definition) is 1.